The topological polar surface area (TPSA) is 59.5 Å². The Kier molecular flexibility index (Phi) is 2.78. The molecule has 0 amide bonds. The van der Waals surface area contributed by atoms with Gasteiger partial charge >= 0.3 is 0 Å². The third-order valence-electron chi connectivity index (χ3n) is 4.29. The van der Waals surface area contributed by atoms with Crippen molar-refractivity contribution in [2.45, 2.75) is 25.8 Å². The van der Waals surface area contributed by atoms with Gasteiger partial charge < -0.3 is 4.40 Å². The molecule has 0 spiro atoms. The number of hydrogen-bond acceptors (Lipinski definition) is 5. The first-order valence-corrected chi connectivity index (χ1v) is 7.21. The van der Waals surface area contributed by atoms with E-state index in [9.17, 15) is 0 Å². The number of rotatable bonds is 2. The zero-order valence-corrected chi connectivity index (χ0v) is 12.2. The second kappa shape index (κ2) is 4.66. The van der Waals surface area contributed by atoms with Crippen LogP contribution in [0.15, 0.2) is 29.2 Å². The molecule has 6 nitrogen and oxygen atoms in total. The molecule has 1 unspecified atom stereocenters. The highest BCUT2D eigenvalue weighted by atomic mass is 16.6. The molecular weight excluding hydrogens is 266 g/mol. The molecule has 1 saturated heterocycles. The van der Waals surface area contributed by atoms with Gasteiger partial charge in [0.25, 0.3) is 0 Å². The summed E-state index contributed by atoms with van der Waals surface area (Å²) in [6.45, 7) is 3.02. The van der Waals surface area contributed by atoms with Crippen molar-refractivity contribution < 1.29 is 4.63 Å². The zero-order valence-electron chi connectivity index (χ0n) is 12.2. The van der Waals surface area contributed by atoms with Gasteiger partial charge in [0.05, 0.1) is 0 Å². The Morgan fingerprint density at radius 1 is 1.33 bits per heavy atom. The second-order valence-corrected chi connectivity index (χ2v) is 5.66. The number of nitrogens with zero attached hydrogens (tertiary/aromatic N) is 5. The normalized spacial score (nSPS) is 19.6. The van der Waals surface area contributed by atoms with Crippen LogP contribution in [0.3, 0.4) is 0 Å². The summed E-state index contributed by atoms with van der Waals surface area (Å²) in [6.07, 6.45) is 6.43. The van der Waals surface area contributed by atoms with E-state index >= 15 is 0 Å². The van der Waals surface area contributed by atoms with Crippen molar-refractivity contribution in [2.24, 2.45) is 0 Å². The van der Waals surface area contributed by atoms with Crippen LogP contribution in [0.4, 0.5) is 0 Å². The summed E-state index contributed by atoms with van der Waals surface area (Å²) in [5.41, 5.74) is 4.55. The van der Waals surface area contributed by atoms with E-state index in [1.807, 2.05) is 19.3 Å². The van der Waals surface area contributed by atoms with Crippen molar-refractivity contribution >= 4 is 5.65 Å². The standard InChI is InChI=1S/C15H17N5O/c1-10-14(18-21-17-10)12-9-20-8-3-5-11(15(20)16-12)13-6-4-7-19(13)2/h3,5,8-9,13H,4,6-7H2,1-2H3. The lowest BCUT2D eigenvalue weighted by molar-refractivity contribution is 0.306. The maximum absolute atomic E-state index is 4.79. The molecule has 4 heterocycles. The fraction of sp³-hybridized carbons (Fsp3) is 0.400. The minimum Gasteiger partial charge on any atom is -0.306 e. The number of imidazole rings is 1. The predicted molar refractivity (Wildman–Crippen MR) is 77.8 cm³/mol. The van der Waals surface area contributed by atoms with Gasteiger partial charge in [-0.2, -0.15) is 0 Å². The van der Waals surface area contributed by atoms with Crippen LogP contribution >= 0.6 is 0 Å². The third-order valence-corrected chi connectivity index (χ3v) is 4.29. The van der Waals surface area contributed by atoms with Gasteiger partial charge in [-0.25, -0.2) is 9.61 Å². The molecule has 0 bridgehead atoms. The summed E-state index contributed by atoms with van der Waals surface area (Å²) in [5, 5.41) is 7.78. The lowest BCUT2D eigenvalue weighted by Gasteiger charge is -2.20. The van der Waals surface area contributed by atoms with E-state index in [0.717, 1.165) is 23.6 Å². The molecule has 0 radical (unpaired) electrons. The van der Waals surface area contributed by atoms with Gasteiger partial charge in [0, 0.05) is 24.0 Å². The van der Waals surface area contributed by atoms with Crippen LogP contribution in [0.5, 0.6) is 0 Å². The van der Waals surface area contributed by atoms with Gasteiger partial charge in [-0.05, 0) is 44.6 Å². The smallest absolute Gasteiger partial charge is 0.157 e. The maximum Gasteiger partial charge on any atom is 0.157 e. The summed E-state index contributed by atoms with van der Waals surface area (Å²) in [4.78, 5) is 7.16. The molecule has 1 atom stereocenters. The largest absolute Gasteiger partial charge is 0.306 e. The van der Waals surface area contributed by atoms with Crippen molar-refractivity contribution in [2.75, 3.05) is 13.6 Å². The Hall–Kier alpha value is -2.21. The predicted octanol–water partition coefficient (Wildman–Crippen LogP) is 2.46. The SMILES string of the molecule is Cc1nonc1-c1cn2cccc(C3CCCN3C)c2n1. The van der Waals surface area contributed by atoms with Crippen LogP contribution in [0.25, 0.3) is 17.0 Å². The van der Waals surface area contributed by atoms with Crippen molar-refractivity contribution in [3.8, 4) is 11.4 Å². The van der Waals surface area contributed by atoms with Crippen LogP contribution in [-0.2, 0) is 0 Å². The summed E-state index contributed by atoms with van der Waals surface area (Å²) < 4.78 is 6.85. The van der Waals surface area contributed by atoms with Gasteiger partial charge in [0.1, 0.15) is 17.0 Å². The van der Waals surface area contributed by atoms with Crippen molar-refractivity contribution in [1.82, 2.24) is 24.6 Å². The first-order valence-electron chi connectivity index (χ1n) is 7.21. The molecule has 0 aromatic carbocycles. The highest BCUT2D eigenvalue weighted by Gasteiger charge is 2.25. The summed E-state index contributed by atoms with van der Waals surface area (Å²) >= 11 is 0. The molecule has 0 saturated carbocycles. The van der Waals surface area contributed by atoms with E-state index in [2.05, 4.69) is 38.8 Å². The fourth-order valence-electron chi connectivity index (χ4n) is 3.18. The first kappa shape index (κ1) is 12.5. The quantitative estimate of drug-likeness (QED) is 0.723. The Morgan fingerprint density at radius 2 is 2.24 bits per heavy atom. The Balaban J connectivity index is 1.86. The van der Waals surface area contributed by atoms with E-state index in [-0.39, 0.29) is 0 Å². The Labute approximate surface area is 122 Å². The fourth-order valence-corrected chi connectivity index (χ4v) is 3.18. The molecule has 6 heteroatoms. The molecular formula is C15H17N5O. The number of aryl methyl sites for hydroxylation is 1. The number of pyridine rings is 1. The van der Waals surface area contributed by atoms with E-state index in [4.69, 9.17) is 9.61 Å². The van der Waals surface area contributed by atoms with Gasteiger partial charge in [-0.15, -0.1) is 0 Å². The third kappa shape index (κ3) is 1.94. The van der Waals surface area contributed by atoms with E-state index in [0.29, 0.717) is 11.7 Å². The monoisotopic (exact) mass is 283 g/mol. The number of fused-ring (bicyclic) bond motifs is 1. The van der Waals surface area contributed by atoms with E-state index < -0.39 is 0 Å². The average molecular weight is 283 g/mol. The molecule has 0 N–H and O–H groups in total. The lowest BCUT2D eigenvalue weighted by Crippen LogP contribution is -2.18. The molecule has 3 aromatic rings. The van der Waals surface area contributed by atoms with Crippen molar-refractivity contribution in [1.29, 1.82) is 0 Å². The van der Waals surface area contributed by atoms with Crippen molar-refractivity contribution in [3.63, 3.8) is 0 Å². The highest BCUT2D eigenvalue weighted by Crippen LogP contribution is 2.33. The lowest BCUT2D eigenvalue weighted by atomic mass is 10.1. The molecule has 21 heavy (non-hydrogen) atoms. The van der Waals surface area contributed by atoms with Gasteiger partial charge in [-0.1, -0.05) is 11.2 Å². The van der Waals surface area contributed by atoms with Gasteiger partial charge in [0.2, 0.25) is 0 Å². The molecule has 0 aliphatic carbocycles. The first-order chi connectivity index (χ1) is 10.2. The molecule has 1 aliphatic rings. The molecule has 4 rings (SSSR count). The molecule has 3 aromatic heterocycles. The summed E-state index contributed by atoms with van der Waals surface area (Å²) in [7, 11) is 2.18. The second-order valence-electron chi connectivity index (χ2n) is 5.66. The van der Waals surface area contributed by atoms with Gasteiger partial charge in [0.15, 0.2) is 5.69 Å². The Morgan fingerprint density at radius 3 is 2.95 bits per heavy atom. The van der Waals surface area contributed by atoms with Crippen LogP contribution in [-0.4, -0.2) is 38.2 Å². The highest BCUT2D eigenvalue weighted by molar-refractivity contribution is 5.62. The van der Waals surface area contributed by atoms with E-state index in [1.54, 1.807) is 0 Å². The zero-order chi connectivity index (χ0) is 14.4. The van der Waals surface area contributed by atoms with Gasteiger partial charge in [-0.3, -0.25) is 4.90 Å². The molecule has 1 aliphatic heterocycles. The summed E-state index contributed by atoms with van der Waals surface area (Å²) in [6, 6.07) is 4.70. The van der Waals surface area contributed by atoms with E-state index in [1.165, 1.54) is 18.4 Å². The van der Waals surface area contributed by atoms with Crippen LogP contribution in [0, 0.1) is 6.92 Å². The molecule has 1 fully saturated rings. The minimum absolute atomic E-state index is 0.445. The van der Waals surface area contributed by atoms with Crippen molar-refractivity contribution in [3.05, 3.63) is 35.8 Å². The minimum atomic E-state index is 0.445. The summed E-state index contributed by atoms with van der Waals surface area (Å²) in [5.74, 6) is 0. The maximum atomic E-state index is 4.79. The number of aromatic nitrogens is 4. The van der Waals surface area contributed by atoms with Crippen LogP contribution < -0.4 is 0 Å². The Bertz CT molecular complexity index is 790. The molecule has 108 valence electrons. The average Bonchev–Trinajstić information content (AvgIpc) is 3.16. The van der Waals surface area contributed by atoms with Crippen LogP contribution in [0.1, 0.15) is 30.1 Å². The number of likely N-dealkylation sites (tertiary alicyclic amines) is 1. The number of hydrogen-bond donors (Lipinski definition) is 0. The van der Waals surface area contributed by atoms with Crippen LogP contribution in [0.2, 0.25) is 0 Å².